The van der Waals surface area contributed by atoms with Crippen molar-refractivity contribution in [1.82, 2.24) is 0 Å². The lowest BCUT2D eigenvalue weighted by atomic mass is 10.1. The zero-order valence-electron chi connectivity index (χ0n) is 6.53. The number of hydrogen-bond donors (Lipinski definition) is 2. The summed E-state index contributed by atoms with van der Waals surface area (Å²) in [5.41, 5.74) is 6.28. The molecule has 0 spiro atoms. The first-order valence-electron chi connectivity index (χ1n) is 3.63. The molecule has 0 bridgehead atoms. The average Bonchev–Trinajstić information content (AvgIpc) is 2.09. The van der Waals surface area contributed by atoms with Gasteiger partial charge in [-0.15, -0.1) is 0 Å². The molecular formula is C9H10NO2. The van der Waals surface area contributed by atoms with Crippen LogP contribution in [0.2, 0.25) is 0 Å². The molecule has 0 heterocycles. The predicted molar refractivity (Wildman–Crippen MR) is 45.5 cm³/mol. The predicted octanol–water partition coefficient (Wildman–Crippen LogP) is 0.372. The van der Waals surface area contributed by atoms with E-state index in [0.717, 1.165) is 5.56 Å². The van der Waals surface area contributed by atoms with Crippen LogP contribution < -0.4 is 5.73 Å². The van der Waals surface area contributed by atoms with Gasteiger partial charge in [0.1, 0.15) is 5.75 Å². The van der Waals surface area contributed by atoms with Crippen LogP contribution in [0.1, 0.15) is 5.56 Å². The minimum absolute atomic E-state index is 0.211. The maximum absolute atomic E-state index is 10.1. The third-order valence-electron chi connectivity index (χ3n) is 1.54. The standard InChI is InChI=1S/C9H10NO2/c10-8(6-11)5-7-1-3-9(12)4-2-7/h1-4,8,12H,5,10H2/t8-/m0/s1. The highest BCUT2D eigenvalue weighted by Crippen LogP contribution is 2.10. The van der Waals surface area contributed by atoms with Crippen molar-refractivity contribution < 1.29 is 9.90 Å². The van der Waals surface area contributed by atoms with Gasteiger partial charge in [0.15, 0.2) is 0 Å². The summed E-state index contributed by atoms with van der Waals surface area (Å²) in [6, 6.07) is 6.01. The Balaban J connectivity index is 2.64. The molecule has 0 amide bonds. The van der Waals surface area contributed by atoms with E-state index in [4.69, 9.17) is 10.8 Å². The van der Waals surface area contributed by atoms with Crippen LogP contribution in [0.3, 0.4) is 0 Å². The van der Waals surface area contributed by atoms with Gasteiger partial charge in [-0.2, -0.15) is 0 Å². The number of nitrogens with two attached hydrogens (primary N) is 1. The number of benzene rings is 1. The number of rotatable bonds is 3. The molecule has 3 nitrogen and oxygen atoms in total. The Bertz CT molecular complexity index is 256. The molecule has 1 aromatic carbocycles. The van der Waals surface area contributed by atoms with Gasteiger partial charge in [-0.1, -0.05) is 12.1 Å². The first-order valence-corrected chi connectivity index (χ1v) is 3.63. The van der Waals surface area contributed by atoms with Gasteiger partial charge in [0.2, 0.25) is 6.29 Å². The van der Waals surface area contributed by atoms with Crippen molar-refractivity contribution >= 4 is 6.29 Å². The molecule has 1 radical (unpaired) electrons. The van der Waals surface area contributed by atoms with E-state index < -0.39 is 6.04 Å². The first-order chi connectivity index (χ1) is 5.72. The van der Waals surface area contributed by atoms with Gasteiger partial charge in [0.25, 0.3) is 0 Å². The second kappa shape index (κ2) is 3.88. The number of phenolic OH excluding ortho intramolecular Hbond substituents is 1. The molecule has 1 atom stereocenters. The lowest BCUT2D eigenvalue weighted by molar-refractivity contribution is 0.475. The summed E-state index contributed by atoms with van der Waals surface area (Å²) < 4.78 is 0. The van der Waals surface area contributed by atoms with E-state index in [-0.39, 0.29) is 5.75 Å². The summed E-state index contributed by atoms with van der Waals surface area (Å²) in [6.07, 6.45) is 2.16. The summed E-state index contributed by atoms with van der Waals surface area (Å²) in [5, 5.41) is 8.94. The third kappa shape index (κ3) is 2.36. The van der Waals surface area contributed by atoms with Crippen molar-refractivity contribution in [3.63, 3.8) is 0 Å². The Morgan fingerprint density at radius 1 is 1.42 bits per heavy atom. The van der Waals surface area contributed by atoms with E-state index in [1.807, 2.05) is 0 Å². The van der Waals surface area contributed by atoms with E-state index in [1.54, 1.807) is 30.6 Å². The minimum atomic E-state index is -0.574. The van der Waals surface area contributed by atoms with Gasteiger partial charge in [0.05, 0.1) is 6.04 Å². The van der Waals surface area contributed by atoms with E-state index in [1.165, 1.54) is 0 Å². The van der Waals surface area contributed by atoms with Crippen molar-refractivity contribution in [3.8, 4) is 5.75 Å². The molecule has 12 heavy (non-hydrogen) atoms. The molecular weight excluding hydrogens is 154 g/mol. The van der Waals surface area contributed by atoms with Gasteiger partial charge in [-0.05, 0) is 24.1 Å². The largest absolute Gasteiger partial charge is 0.508 e. The second-order valence-electron chi connectivity index (χ2n) is 2.59. The maximum atomic E-state index is 10.1. The Morgan fingerprint density at radius 2 is 2.00 bits per heavy atom. The van der Waals surface area contributed by atoms with E-state index >= 15 is 0 Å². The Kier molecular flexibility index (Phi) is 2.82. The molecule has 0 aliphatic heterocycles. The lowest BCUT2D eigenvalue weighted by Gasteiger charge is -2.02. The maximum Gasteiger partial charge on any atom is 0.217 e. The molecule has 63 valence electrons. The zero-order chi connectivity index (χ0) is 8.97. The molecule has 0 aromatic heterocycles. The van der Waals surface area contributed by atoms with Gasteiger partial charge in [0, 0.05) is 0 Å². The highest BCUT2D eigenvalue weighted by Gasteiger charge is 2.02. The highest BCUT2D eigenvalue weighted by molar-refractivity contribution is 5.58. The van der Waals surface area contributed by atoms with Crippen LogP contribution in [-0.2, 0) is 11.2 Å². The molecule has 3 heteroatoms. The molecule has 0 saturated carbocycles. The lowest BCUT2D eigenvalue weighted by Crippen LogP contribution is -2.23. The monoisotopic (exact) mass is 164 g/mol. The Labute approximate surface area is 70.8 Å². The fourth-order valence-electron chi connectivity index (χ4n) is 0.928. The molecule has 1 rings (SSSR count). The summed E-state index contributed by atoms with van der Waals surface area (Å²) in [4.78, 5) is 10.1. The third-order valence-corrected chi connectivity index (χ3v) is 1.54. The van der Waals surface area contributed by atoms with Crippen LogP contribution in [0.15, 0.2) is 24.3 Å². The van der Waals surface area contributed by atoms with E-state index in [0.29, 0.717) is 6.42 Å². The average molecular weight is 164 g/mol. The smallest absolute Gasteiger partial charge is 0.217 e. The summed E-state index contributed by atoms with van der Waals surface area (Å²) in [7, 11) is 0. The van der Waals surface area contributed by atoms with Crippen molar-refractivity contribution in [3.05, 3.63) is 29.8 Å². The molecule has 0 saturated heterocycles. The number of aromatic hydroxyl groups is 1. The SMILES string of the molecule is N[C@H]([C]=O)Cc1ccc(O)cc1. The summed E-state index contributed by atoms with van der Waals surface area (Å²) >= 11 is 0. The fourth-order valence-corrected chi connectivity index (χ4v) is 0.928. The minimum Gasteiger partial charge on any atom is -0.508 e. The Morgan fingerprint density at radius 3 is 2.50 bits per heavy atom. The van der Waals surface area contributed by atoms with Gasteiger partial charge in [-0.3, -0.25) is 4.79 Å². The van der Waals surface area contributed by atoms with Crippen LogP contribution in [0.4, 0.5) is 0 Å². The molecule has 0 fully saturated rings. The number of carbonyl (C=O) groups excluding carboxylic acids is 1. The molecule has 0 unspecified atom stereocenters. The Hall–Kier alpha value is -1.35. The van der Waals surface area contributed by atoms with Crippen molar-refractivity contribution in [1.29, 1.82) is 0 Å². The van der Waals surface area contributed by atoms with Crippen LogP contribution in [0.25, 0.3) is 0 Å². The van der Waals surface area contributed by atoms with Crippen LogP contribution in [0.5, 0.6) is 5.75 Å². The van der Waals surface area contributed by atoms with Crippen molar-refractivity contribution in [2.75, 3.05) is 0 Å². The normalized spacial score (nSPS) is 12.4. The van der Waals surface area contributed by atoms with Crippen LogP contribution in [0, 0.1) is 0 Å². The van der Waals surface area contributed by atoms with Crippen LogP contribution in [-0.4, -0.2) is 17.4 Å². The van der Waals surface area contributed by atoms with Gasteiger partial charge >= 0.3 is 0 Å². The van der Waals surface area contributed by atoms with E-state index in [9.17, 15) is 4.79 Å². The van der Waals surface area contributed by atoms with Crippen molar-refractivity contribution in [2.24, 2.45) is 5.73 Å². The molecule has 0 aliphatic rings. The number of hydrogen-bond acceptors (Lipinski definition) is 3. The van der Waals surface area contributed by atoms with Gasteiger partial charge in [-0.25, -0.2) is 0 Å². The van der Waals surface area contributed by atoms with Crippen LogP contribution >= 0.6 is 0 Å². The zero-order valence-corrected chi connectivity index (χ0v) is 6.53. The van der Waals surface area contributed by atoms with E-state index in [2.05, 4.69) is 0 Å². The van der Waals surface area contributed by atoms with Crippen molar-refractivity contribution in [2.45, 2.75) is 12.5 Å². The second-order valence-corrected chi connectivity index (χ2v) is 2.59. The topological polar surface area (TPSA) is 63.3 Å². The fraction of sp³-hybridized carbons (Fsp3) is 0.222. The molecule has 3 N–H and O–H groups in total. The number of phenols is 1. The summed E-state index contributed by atoms with van der Waals surface area (Å²) in [6.45, 7) is 0. The molecule has 0 aliphatic carbocycles. The quantitative estimate of drug-likeness (QED) is 0.678. The first kappa shape index (κ1) is 8.74. The molecule has 1 aromatic rings. The summed E-state index contributed by atoms with van der Waals surface area (Å²) in [5.74, 6) is 0.211. The van der Waals surface area contributed by atoms with Gasteiger partial charge < -0.3 is 10.8 Å². The highest BCUT2D eigenvalue weighted by atomic mass is 16.3.